The largest absolute Gasteiger partial charge is 0.481 e. The van der Waals surface area contributed by atoms with Crippen molar-refractivity contribution in [2.75, 3.05) is 0 Å². The second-order valence-corrected chi connectivity index (χ2v) is 5.19. The lowest BCUT2D eigenvalue weighted by Gasteiger charge is -2.20. The predicted molar refractivity (Wildman–Crippen MR) is 83.8 cm³/mol. The van der Waals surface area contributed by atoms with Crippen molar-refractivity contribution < 1.29 is 19.8 Å². The van der Waals surface area contributed by atoms with Gasteiger partial charge in [0.25, 0.3) is 0 Å². The summed E-state index contributed by atoms with van der Waals surface area (Å²) in [6.07, 6.45) is 6.95. The standard InChI is InChI=1S/C18H18O4/c1-3-7-11(8-4-2)14-12-9-5-6-10-13(12)15(17(19)20)16(14)18(21)22/h3-10,14-16H,1H2,2H3,(H,19,20)(H,21,22)/b8-4-,11-7+. The molecule has 1 aromatic rings. The second-order valence-electron chi connectivity index (χ2n) is 5.19. The molecule has 0 amide bonds. The zero-order chi connectivity index (χ0) is 16.3. The Morgan fingerprint density at radius 2 is 1.68 bits per heavy atom. The van der Waals surface area contributed by atoms with Gasteiger partial charge in [0.2, 0.25) is 0 Å². The van der Waals surface area contributed by atoms with Crippen molar-refractivity contribution in [3.05, 3.63) is 71.8 Å². The van der Waals surface area contributed by atoms with Gasteiger partial charge in [0.1, 0.15) is 0 Å². The van der Waals surface area contributed by atoms with Gasteiger partial charge in [0, 0.05) is 5.92 Å². The van der Waals surface area contributed by atoms with Crippen LogP contribution in [-0.2, 0) is 9.59 Å². The minimum Gasteiger partial charge on any atom is -0.481 e. The fourth-order valence-corrected chi connectivity index (χ4v) is 3.21. The first kappa shape index (κ1) is 15.8. The highest BCUT2D eigenvalue weighted by atomic mass is 16.4. The van der Waals surface area contributed by atoms with Crippen LogP contribution in [0.4, 0.5) is 0 Å². The summed E-state index contributed by atoms with van der Waals surface area (Å²) in [4.78, 5) is 23.4. The molecule has 4 heteroatoms. The van der Waals surface area contributed by atoms with Crippen LogP contribution in [0.15, 0.2) is 60.7 Å². The number of fused-ring (bicyclic) bond motifs is 1. The molecule has 0 aromatic heterocycles. The molecule has 0 saturated heterocycles. The van der Waals surface area contributed by atoms with Gasteiger partial charge in [-0.05, 0) is 23.6 Å². The van der Waals surface area contributed by atoms with E-state index in [2.05, 4.69) is 6.58 Å². The van der Waals surface area contributed by atoms with E-state index in [0.717, 1.165) is 11.1 Å². The highest BCUT2D eigenvalue weighted by Crippen LogP contribution is 2.50. The SMILES string of the molecule is C=C/C=C(\C=C/C)C1c2ccccc2C(C(=O)O)C1C(=O)O. The molecule has 2 rings (SSSR count). The first-order valence-corrected chi connectivity index (χ1v) is 7.02. The van der Waals surface area contributed by atoms with Crippen LogP contribution >= 0.6 is 0 Å². The van der Waals surface area contributed by atoms with Gasteiger partial charge in [-0.2, -0.15) is 0 Å². The zero-order valence-electron chi connectivity index (χ0n) is 12.3. The molecule has 0 saturated carbocycles. The molecule has 3 atom stereocenters. The van der Waals surface area contributed by atoms with Crippen LogP contribution in [0.3, 0.4) is 0 Å². The molecule has 1 aliphatic carbocycles. The van der Waals surface area contributed by atoms with Crippen LogP contribution in [0.5, 0.6) is 0 Å². The van der Waals surface area contributed by atoms with Gasteiger partial charge in [-0.15, -0.1) is 0 Å². The Bertz CT molecular complexity index is 669. The Balaban J connectivity index is 2.69. The summed E-state index contributed by atoms with van der Waals surface area (Å²) in [6, 6.07) is 7.04. The summed E-state index contributed by atoms with van der Waals surface area (Å²) < 4.78 is 0. The maximum Gasteiger partial charge on any atom is 0.311 e. The maximum absolute atomic E-state index is 11.8. The van der Waals surface area contributed by atoms with Crippen molar-refractivity contribution in [1.29, 1.82) is 0 Å². The van der Waals surface area contributed by atoms with Crippen molar-refractivity contribution in [2.45, 2.75) is 18.8 Å². The molecule has 0 heterocycles. The lowest BCUT2D eigenvalue weighted by Crippen LogP contribution is -2.27. The fourth-order valence-electron chi connectivity index (χ4n) is 3.21. The number of carboxylic acids is 2. The third kappa shape index (κ3) is 2.60. The minimum atomic E-state index is -1.11. The number of carboxylic acid groups (broad SMARTS) is 2. The zero-order valence-corrected chi connectivity index (χ0v) is 12.3. The van der Waals surface area contributed by atoms with Crippen molar-refractivity contribution >= 4 is 11.9 Å². The van der Waals surface area contributed by atoms with Crippen LogP contribution in [0.1, 0.15) is 29.9 Å². The summed E-state index contributed by atoms with van der Waals surface area (Å²) in [7, 11) is 0. The van der Waals surface area contributed by atoms with Gasteiger partial charge in [0.15, 0.2) is 0 Å². The molecule has 22 heavy (non-hydrogen) atoms. The normalized spacial score (nSPS) is 24.2. The summed E-state index contributed by atoms with van der Waals surface area (Å²) in [5.41, 5.74) is 2.08. The second kappa shape index (κ2) is 6.43. The van der Waals surface area contributed by atoms with Gasteiger partial charge in [-0.1, -0.05) is 55.1 Å². The van der Waals surface area contributed by atoms with Gasteiger partial charge in [-0.25, -0.2) is 0 Å². The molecule has 0 fully saturated rings. The molecule has 0 bridgehead atoms. The number of aliphatic carboxylic acids is 2. The fraction of sp³-hybridized carbons (Fsp3) is 0.222. The average Bonchev–Trinajstić information content (AvgIpc) is 2.82. The van der Waals surface area contributed by atoms with Crippen molar-refractivity contribution in [1.82, 2.24) is 0 Å². The molecule has 2 N–H and O–H groups in total. The lowest BCUT2D eigenvalue weighted by atomic mass is 9.81. The molecule has 1 aromatic carbocycles. The van der Waals surface area contributed by atoms with E-state index in [-0.39, 0.29) is 0 Å². The van der Waals surface area contributed by atoms with E-state index in [1.54, 1.807) is 36.4 Å². The first-order chi connectivity index (χ1) is 10.5. The van der Waals surface area contributed by atoms with Crippen LogP contribution in [-0.4, -0.2) is 22.2 Å². The first-order valence-electron chi connectivity index (χ1n) is 7.02. The summed E-state index contributed by atoms with van der Waals surface area (Å²) in [6.45, 7) is 5.50. The summed E-state index contributed by atoms with van der Waals surface area (Å²) in [5.74, 6) is -4.78. The Morgan fingerprint density at radius 3 is 2.14 bits per heavy atom. The highest BCUT2D eigenvalue weighted by Gasteiger charge is 2.49. The quantitative estimate of drug-likeness (QED) is 0.818. The number of carbonyl (C=O) groups is 2. The van der Waals surface area contributed by atoms with Crippen molar-refractivity contribution in [3.63, 3.8) is 0 Å². The molecule has 1 aliphatic rings. The molecule has 3 unspecified atom stereocenters. The number of hydrogen-bond acceptors (Lipinski definition) is 2. The topological polar surface area (TPSA) is 74.6 Å². The van der Waals surface area contributed by atoms with E-state index >= 15 is 0 Å². The number of allylic oxidation sites excluding steroid dienone is 5. The van der Waals surface area contributed by atoms with Crippen molar-refractivity contribution in [2.24, 2.45) is 5.92 Å². The maximum atomic E-state index is 11.8. The van der Waals surface area contributed by atoms with E-state index in [0.29, 0.717) is 5.56 Å². The van der Waals surface area contributed by atoms with Crippen molar-refractivity contribution in [3.8, 4) is 0 Å². The van der Waals surface area contributed by atoms with Gasteiger partial charge >= 0.3 is 11.9 Å². The van der Waals surface area contributed by atoms with Gasteiger partial charge in [-0.3, -0.25) is 9.59 Å². The Labute approximate surface area is 129 Å². The number of benzene rings is 1. The average molecular weight is 298 g/mol. The smallest absolute Gasteiger partial charge is 0.311 e. The molecule has 0 radical (unpaired) electrons. The minimum absolute atomic E-state index is 0.496. The Hall–Kier alpha value is -2.62. The molecule has 4 nitrogen and oxygen atoms in total. The van der Waals surface area contributed by atoms with Crippen LogP contribution in [0, 0.1) is 5.92 Å². The van der Waals surface area contributed by atoms with Crippen LogP contribution < -0.4 is 0 Å². The third-order valence-corrected chi connectivity index (χ3v) is 3.96. The highest BCUT2D eigenvalue weighted by molar-refractivity contribution is 5.88. The van der Waals surface area contributed by atoms with E-state index in [4.69, 9.17) is 0 Å². The monoisotopic (exact) mass is 298 g/mol. The van der Waals surface area contributed by atoms with E-state index < -0.39 is 29.7 Å². The molecule has 0 aliphatic heterocycles. The number of hydrogen-bond donors (Lipinski definition) is 2. The van der Waals surface area contributed by atoms with Crippen LogP contribution in [0.2, 0.25) is 0 Å². The lowest BCUT2D eigenvalue weighted by molar-refractivity contribution is -0.150. The summed E-state index contributed by atoms with van der Waals surface area (Å²) in [5, 5.41) is 19.1. The number of rotatable bonds is 5. The van der Waals surface area contributed by atoms with E-state index in [1.807, 2.05) is 19.1 Å². The third-order valence-electron chi connectivity index (χ3n) is 3.96. The Kier molecular flexibility index (Phi) is 4.61. The van der Waals surface area contributed by atoms with E-state index in [9.17, 15) is 19.8 Å². The Morgan fingerprint density at radius 1 is 1.09 bits per heavy atom. The molecular formula is C18H18O4. The van der Waals surface area contributed by atoms with Crippen LogP contribution in [0.25, 0.3) is 0 Å². The van der Waals surface area contributed by atoms with Gasteiger partial charge < -0.3 is 10.2 Å². The summed E-state index contributed by atoms with van der Waals surface area (Å²) >= 11 is 0. The van der Waals surface area contributed by atoms with E-state index in [1.165, 1.54) is 0 Å². The van der Waals surface area contributed by atoms with Gasteiger partial charge in [0.05, 0.1) is 11.8 Å². The predicted octanol–water partition coefficient (Wildman–Crippen LogP) is 3.34. The molecule has 114 valence electrons. The molecular weight excluding hydrogens is 280 g/mol. The molecule has 0 spiro atoms.